The molecule has 0 aliphatic rings. The lowest BCUT2D eigenvalue weighted by molar-refractivity contribution is 0.390. The Hall–Kier alpha value is -0.280. The van der Waals surface area contributed by atoms with Gasteiger partial charge in [-0.2, -0.15) is 0 Å². The van der Waals surface area contributed by atoms with Crippen LogP contribution < -0.4 is 0 Å². The molecular weight excluding hydrogens is 204 g/mol. The first kappa shape index (κ1) is 8.81. The molecule has 0 atom stereocenters. The van der Waals surface area contributed by atoms with Crippen LogP contribution in [0, 0.1) is 0 Å². The average molecular weight is 217 g/mol. The molecule has 0 saturated heterocycles. The number of hydrogen-bond donors (Lipinski definition) is 0. The summed E-state index contributed by atoms with van der Waals surface area (Å²) in [5, 5.41) is 0. The molecule has 0 spiro atoms. The maximum absolute atomic E-state index is 3.45. The molecule has 0 aliphatic carbocycles. The first-order valence-electron chi connectivity index (χ1n) is 3.56. The Morgan fingerprint density at radius 2 is 2.09 bits per heavy atom. The molecule has 0 fully saturated rings. The highest BCUT2D eigenvalue weighted by Gasteiger charge is 2.01. The van der Waals surface area contributed by atoms with E-state index in [4.69, 9.17) is 0 Å². The van der Waals surface area contributed by atoms with Gasteiger partial charge in [-0.1, -0.05) is 0 Å². The van der Waals surface area contributed by atoms with Gasteiger partial charge in [0.25, 0.3) is 0 Å². The lowest BCUT2D eigenvalue weighted by Gasteiger charge is -2.10. The second-order valence-electron chi connectivity index (χ2n) is 2.94. The quantitative estimate of drug-likeness (QED) is 0.733. The molecule has 0 aliphatic heterocycles. The van der Waals surface area contributed by atoms with Gasteiger partial charge in [0.05, 0.1) is 4.60 Å². The van der Waals surface area contributed by atoms with Crippen LogP contribution in [-0.2, 0) is 13.6 Å². The molecule has 62 valence electrons. The van der Waals surface area contributed by atoms with Crippen LogP contribution >= 0.6 is 15.9 Å². The largest absolute Gasteiger partial charge is 0.341 e. The number of nitrogens with zero attached hydrogens (tertiary/aromatic N) is 2. The zero-order valence-corrected chi connectivity index (χ0v) is 8.72. The highest BCUT2D eigenvalue weighted by molar-refractivity contribution is 9.10. The maximum Gasteiger partial charge on any atom is 0.0846 e. The summed E-state index contributed by atoms with van der Waals surface area (Å²) < 4.78 is 3.27. The SMILES string of the molecule is CN(C)Cc1ccc(Br)n1C. The van der Waals surface area contributed by atoms with Gasteiger partial charge in [-0.05, 0) is 42.2 Å². The molecular formula is C8H13BrN2. The van der Waals surface area contributed by atoms with E-state index in [-0.39, 0.29) is 0 Å². The predicted molar refractivity (Wildman–Crippen MR) is 50.5 cm³/mol. The summed E-state index contributed by atoms with van der Waals surface area (Å²) >= 11 is 3.45. The predicted octanol–water partition coefficient (Wildman–Crippen LogP) is 1.85. The minimum atomic E-state index is 0.988. The van der Waals surface area contributed by atoms with Crippen LogP contribution in [-0.4, -0.2) is 23.6 Å². The molecule has 11 heavy (non-hydrogen) atoms. The highest BCUT2D eigenvalue weighted by atomic mass is 79.9. The summed E-state index contributed by atoms with van der Waals surface area (Å²) in [5.41, 5.74) is 1.32. The molecule has 0 unspecified atom stereocenters. The summed E-state index contributed by atoms with van der Waals surface area (Å²) in [5.74, 6) is 0. The van der Waals surface area contributed by atoms with Crippen LogP contribution in [0.5, 0.6) is 0 Å². The Bertz CT molecular complexity index is 240. The third-order valence-electron chi connectivity index (χ3n) is 1.64. The van der Waals surface area contributed by atoms with Crippen molar-refractivity contribution in [1.29, 1.82) is 0 Å². The van der Waals surface area contributed by atoms with Crippen LogP contribution in [0.4, 0.5) is 0 Å². The fraction of sp³-hybridized carbons (Fsp3) is 0.500. The van der Waals surface area contributed by atoms with Crippen molar-refractivity contribution < 1.29 is 0 Å². The standard InChI is InChI=1S/C8H13BrN2/c1-10(2)6-7-4-5-8(9)11(7)3/h4-5H,6H2,1-3H3. The molecule has 0 aromatic carbocycles. The van der Waals surface area contributed by atoms with Crippen molar-refractivity contribution in [2.75, 3.05) is 14.1 Å². The van der Waals surface area contributed by atoms with Gasteiger partial charge in [0, 0.05) is 19.3 Å². The van der Waals surface area contributed by atoms with Gasteiger partial charge in [0.1, 0.15) is 0 Å². The van der Waals surface area contributed by atoms with Gasteiger partial charge in [0.2, 0.25) is 0 Å². The van der Waals surface area contributed by atoms with Crippen LogP contribution in [0.15, 0.2) is 16.7 Å². The Morgan fingerprint density at radius 3 is 2.45 bits per heavy atom. The lowest BCUT2D eigenvalue weighted by atomic mass is 10.4. The average Bonchev–Trinajstić information content (AvgIpc) is 2.18. The summed E-state index contributed by atoms with van der Waals surface area (Å²) in [7, 11) is 6.20. The molecule has 1 aromatic heterocycles. The number of rotatable bonds is 2. The number of halogens is 1. The molecule has 1 heterocycles. The van der Waals surface area contributed by atoms with Gasteiger partial charge in [-0.25, -0.2) is 0 Å². The normalized spacial score (nSPS) is 11.0. The second-order valence-corrected chi connectivity index (χ2v) is 3.76. The fourth-order valence-electron chi connectivity index (χ4n) is 1.01. The summed E-state index contributed by atoms with van der Waals surface area (Å²) in [6.45, 7) is 0.988. The van der Waals surface area contributed by atoms with Gasteiger partial charge in [-0.15, -0.1) is 0 Å². The topological polar surface area (TPSA) is 8.17 Å². The van der Waals surface area contributed by atoms with E-state index in [1.165, 1.54) is 5.69 Å². The molecule has 0 N–H and O–H groups in total. The Kier molecular flexibility index (Phi) is 2.73. The van der Waals surface area contributed by atoms with E-state index in [1.54, 1.807) is 0 Å². The molecule has 0 saturated carbocycles. The molecule has 0 bridgehead atoms. The van der Waals surface area contributed by atoms with E-state index in [0.29, 0.717) is 0 Å². The van der Waals surface area contributed by atoms with Crippen molar-refractivity contribution in [2.24, 2.45) is 7.05 Å². The number of aromatic nitrogens is 1. The lowest BCUT2D eigenvalue weighted by Crippen LogP contribution is -2.13. The third kappa shape index (κ3) is 2.07. The smallest absolute Gasteiger partial charge is 0.0846 e. The van der Waals surface area contributed by atoms with E-state index in [1.807, 2.05) is 0 Å². The minimum absolute atomic E-state index is 0.988. The summed E-state index contributed by atoms with van der Waals surface area (Å²) in [6.07, 6.45) is 0. The Morgan fingerprint density at radius 1 is 1.45 bits per heavy atom. The van der Waals surface area contributed by atoms with Crippen LogP contribution in [0.25, 0.3) is 0 Å². The van der Waals surface area contributed by atoms with Crippen molar-refractivity contribution >= 4 is 15.9 Å². The fourth-order valence-corrected chi connectivity index (χ4v) is 1.37. The van der Waals surface area contributed by atoms with E-state index in [2.05, 4.69) is 58.7 Å². The Labute approximate surface area is 75.9 Å². The van der Waals surface area contributed by atoms with Crippen molar-refractivity contribution in [1.82, 2.24) is 9.47 Å². The summed E-state index contributed by atoms with van der Waals surface area (Å²) in [4.78, 5) is 2.15. The first-order chi connectivity index (χ1) is 5.11. The molecule has 2 nitrogen and oxygen atoms in total. The van der Waals surface area contributed by atoms with Crippen LogP contribution in [0.3, 0.4) is 0 Å². The number of hydrogen-bond acceptors (Lipinski definition) is 1. The van der Waals surface area contributed by atoms with Gasteiger partial charge in [-0.3, -0.25) is 0 Å². The van der Waals surface area contributed by atoms with Gasteiger partial charge in [0.15, 0.2) is 0 Å². The van der Waals surface area contributed by atoms with E-state index in [9.17, 15) is 0 Å². The monoisotopic (exact) mass is 216 g/mol. The Balaban J connectivity index is 2.79. The highest BCUT2D eigenvalue weighted by Crippen LogP contribution is 2.13. The first-order valence-corrected chi connectivity index (χ1v) is 4.35. The van der Waals surface area contributed by atoms with Crippen molar-refractivity contribution in [3.05, 3.63) is 22.4 Å². The van der Waals surface area contributed by atoms with E-state index in [0.717, 1.165) is 11.1 Å². The zero-order valence-electron chi connectivity index (χ0n) is 7.13. The van der Waals surface area contributed by atoms with E-state index < -0.39 is 0 Å². The maximum atomic E-state index is 3.45. The minimum Gasteiger partial charge on any atom is -0.341 e. The van der Waals surface area contributed by atoms with Gasteiger partial charge >= 0.3 is 0 Å². The second kappa shape index (κ2) is 3.41. The van der Waals surface area contributed by atoms with E-state index >= 15 is 0 Å². The molecule has 1 rings (SSSR count). The van der Waals surface area contributed by atoms with Gasteiger partial charge < -0.3 is 9.47 Å². The van der Waals surface area contributed by atoms with Crippen LogP contribution in [0.2, 0.25) is 0 Å². The van der Waals surface area contributed by atoms with Crippen molar-refractivity contribution in [2.45, 2.75) is 6.54 Å². The molecule has 1 aromatic rings. The van der Waals surface area contributed by atoms with Crippen molar-refractivity contribution in [3.63, 3.8) is 0 Å². The van der Waals surface area contributed by atoms with Crippen molar-refractivity contribution in [3.8, 4) is 0 Å². The van der Waals surface area contributed by atoms with Crippen LogP contribution in [0.1, 0.15) is 5.69 Å². The molecule has 0 radical (unpaired) electrons. The molecule has 0 amide bonds. The summed E-state index contributed by atoms with van der Waals surface area (Å²) in [6, 6.07) is 4.20. The zero-order chi connectivity index (χ0) is 8.43. The molecule has 3 heteroatoms. The third-order valence-corrected chi connectivity index (χ3v) is 2.44.